The maximum absolute atomic E-state index is 11.9. The second-order valence-electron chi connectivity index (χ2n) is 7.56. The number of rotatable bonds is 4. The van der Waals surface area contributed by atoms with Crippen molar-refractivity contribution in [2.45, 2.75) is 65.5 Å². The van der Waals surface area contributed by atoms with Gasteiger partial charge in [0.15, 0.2) is 0 Å². The van der Waals surface area contributed by atoms with Gasteiger partial charge in [-0.2, -0.15) is 0 Å². The highest BCUT2D eigenvalue weighted by Gasteiger charge is 2.16. The number of hydrogen-bond donors (Lipinski definition) is 1. The summed E-state index contributed by atoms with van der Waals surface area (Å²) in [7, 11) is 0. The van der Waals surface area contributed by atoms with E-state index in [-0.39, 0.29) is 29.6 Å². The number of ether oxygens (including phenoxy) is 1. The molecule has 1 N–H and O–H groups in total. The van der Waals surface area contributed by atoms with Gasteiger partial charge >= 0.3 is 0 Å². The Hall–Kier alpha value is -1.35. The summed E-state index contributed by atoms with van der Waals surface area (Å²) in [5.74, 6) is -0.0858. The van der Waals surface area contributed by atoms with Gasteiger partial charge in [0.2, 0.25) is 5.91 Å². The SMILES string of the molecule is CC(NC(=O)COC(C)(C)C)c1ccc(C(C)(C)C)cc1. The van der Waals surface area contributed by atoms with Crippen LogP contribution in [0.4, 0.5) is 0 Å². The molecule has 3 heteroatoms. The van der Waals surface area contributed by atoms with Crippen LogP contribution in [0.25, 0.3) is 0 Å². The lowest BCUT2D eigenvalue weighted by Gasteiger charge is -2.22. The average molecular weight is 291 g/mol. The lowest BCUT2D eigenvalue weighted by Crippen LogP contribution is -2.33. The van der Waals surface area contributed by atoms with Crippen molar-refractivity contribution in [2.24, 2.45) is 0 Å². The molecule has 0 aliphatic rings. The summed E-state index contributed by atoms with van der Waals surface area (Å²) in [6, 6.07) is 8.40. The third kappa shape index (κ3) is 6.30. The van der Waals surface area contributed by atoms with Crippen LogP contribution in [0.3, 0.4) is 0 Å². The minimum atomic E-state index is -0.297. The maximum Gasteiger partial charge on any atom is 0.246 e. The first-order valence-corrected chi connectivity index (χ1v) is 7.53. The van der Waals surface area contributed by atoms with Crippen molar-refractivity contribution < 1.29 is 9.53 Å². The molecule has 0 radical (unpaired) electrons. The van der Waals surface area contributed by atoms with E-state index in [0.717, 1.165) is 5.56 Å². The van der Waals surface area contributed by atoms with Crippen molar-refractivity contribution in [1.82, 2.24) is 5.32 Å². The molecule has 1 amide bonds. The topological polar surface area (TPSA) is 38.3 Å². The van der Waals surface area contributed by atoms with Crippen molar-refractivity contribution in [1.29, 1.82) is 0 Å². The van der Waals surface area contributed by atoms with Gasteiger partial charge in [0, 0.05) is 0 Å². The summed E-state index contributed by atoms with van der Waals surface area (Å²) in [6.07, 6.45) is 0. The summed E-state index contributed by atoms with van der Waals surface area (Å²) in [5.41, 5.74) is 2.24. The summed E-state index contributed by atoms with van der Waals surface area (Å²) in [6.45, 7) is 14.5. The van der Waals surface area contributed by atoms with E-state index >= 15 is 0 Å². The van der Waals surface area contributed by atoms with E-state index in [1.54, 1.807) is 0 Å². The molecule has 0 aliphatic heterocycles. The highest BCUT2D eigenvalue weighted by molar-refractivity contribution is 5.77. The van der Waals surface area contributed by atoms with Gasteiger partial charge in [-0.1, -0.05) is 45.0 Å². The zero-order valence-corrected chi connectivity index (χ0v) is 14.4. The molecule has 1 unspecified atom stereocenters. The van der Waals surface area contributed by atoms with Gasteiger partial charge in [-0.05, 0) is 44.2 Å². The fourth-order valence-electron chi connectivity index (χ4n) is 1.92. The molecule has 3 nitrogen and oxygen atoms in total. The van der Waals surface area contributed by atoms with E-state index in [4.69, 9.17) is 4.74 Å². The van der Waals surface area contributed by atoms with Crippen LogP contribution in [-0.4, -0.2) is 18.1 Å². The van der Waals surface area contributed by atoms with Crippen LogP contribution >= 0.6 is 0 Å². The van der Waals surface area contributed by atoms with E-state index in [2.05, 4.69) is 50.4 Å². The minimum Gasteiger partial charge on any atom is -0.366 e. The molecule has 0 spiro atoms. The number of hydrogen-bond acceptors (Lipinski definition) is 2. The molecule has 21 heavy (non-hydrogen) atoms. The number of carbonyl (C=O) groups excluding carboxylic acids is 1. The highest BCUT2D eigenvalue weighted by Crippen LogP contribution is 2.23. The highest BCUT2D eigenvalue weighted by atomic mass is 16.5. The lowest BCUT2D eigenvalue weighted by atomic mass is 9.86. The second kappa shape index (κ2) is 6.61. The second-order valence-corrected chi connectivity index (χ2v) is 7.56. The standard InChI is InChI=1S/C18H29NO2/c1-13(19-16(20)12-21-18(5,6)7)14-8-10-15(11-9-14)17(2,3)4/h8-11,13H,12H2,1-7H3,(H,19,20). The van der Waals surface area contributed by atoms with Gasteiger partial charge in [0.1, 0.15) is 6.61 Å². The summed E-state index contributed by atoms with van der Waals surface area (Å²) in [4.78, 5) is 11.9. The molecule has 0 aliphatic carbocycles. The monoisotopic (exact) mass is 291 g/mol. The molecule has 0 aromatic heterocycles. The van der Waals surface area contributed by atoms with Crippen molar-refractivity contribution >= 4 is 5.91 Å². The van der Waals surface area contributed by atoms with Crippen molar-refractivity contribution in [2.75, 3.05) is 6.61 Å². The van der Waals surface area contributed by atoms with Crippen molar-refractivity contribution in [3.63, 3.8) is 0 Å². The number of nitrogens with one attached hydrogen (secondary N) is 1. The molecule has 0 fully saturated rings. The smallest absolute Gasteiger partial charge is 0.246 e. The molecular formula is C18H29NO2. The van der Waals surface area contributed by atoms with Crippen LogP contribution in [0.1, 0.15) is 65.6 Å². The largest absolute Gasteiger partial charge is 0.366 e. The van der Waals surface area contributed by atoms with Crippen molar-refractivity contribution in [3.05, 3.63) is 35.4 Å². The third-order valence-electron chi connectivity index (χ3n) is 3.29. The maximum atomic E-state index is 11.9. The fraction of sp³-hybridized carbons (Fsp3) is 0.611. The average Bonchev–Trinajstić information content (AvgIpc) is 2.34. The van der Waals surface area contributed by atoms with Gasteiger partial charge < -0.3 is 10.1 Å². The van der Waals surface area contributed by atoms with Crippen LogP contribution in [0, 0.1) is 0 Å². The lowest BCUT2D eigenvalue weighted by molar-refractivity contribution is -0.131. The number of amides is 1. The van der Waals surface area contributed by atoms with Crippen LogP contribution in [0.2, 0.25) is 0 Å². The fourth-order valence-corrected chi connectivity index (χ4v) is 1.92. The first-order chi connectivity index (χ1) is 9.49. The zero-order valence-electron chi connectivity index (χ0n) is 14.4. The number of benzene rings is 1. The Morgan fingerprint density at radius 2 is 1.62 bits per heavy atom. The predicted octanol–water partition coefficient (Wildman–Crippen LogP) is 3.98. The van der Waals surface area contributed by atoms with Gasteiger partial charge in [-0.25, -0.2) is 0 Å². The molecule has 0 heterocycles. The minimum absolute atomic E-state index is 0.0184. The van der Waals surface area contributed by atoms with Crippen molar-refractivity contribution in [3.8, 4) is 0 Å². The summed E-state index contributed by atoms with van der Waals surface area (Å²) >= 11 is 0. The van der Waals surface area contributed by atoms with E-state index < -0.39 is 0 Å². The molecule has 1 aromatic carbocycles. The Labute approximate surface area is 129 Å². The Balaban J connectivity index is 2.59. The Morgan fingerprint density at radius 3 is 2.05 bits per heavy atom. The Kier molecular flexibility index (Phi) is 5.57. The number of carbonyl (C=O) groups is 1. The Bertz CT molecular complexity index is 463. The molecular weight excluding hydrogens is 262 g/mol. The first-order valence-electron chi connectivity index (χ1n) is 7.53. The summed E-state index contributed by atoms with van der Waals surface area (Å²) < 4.78 is 5.48. The van der Waals surface area contributed by atoms with Crippen LogP contribution < -0.4 is 5.32 Å². The van der Waals surface area contributed by atoms with Crippen LogP contribution in [0.5, 0.6) is 0 Å². The van der Waals surface area contributed by atoms with Crippen LogP contribution in [0.15, 0.2) is 24.3 Å². The predicted molar refractivity (Wildman–Crippen MR) is 87.4 cm³/mol. The van der Waals surface area contributed by atoms with Crippen LogP contribution in [-0.2, 0) is 14.9 Å². The van der Waals surface area contributed by atoms with Gasteiger partial charge in [-0.15, -0.1) is 0 Å². The molecule has 118 valence electrons. The zero-order chi connectivity index (χ0) is 16.3. The van der Waals surface area contributed by atoms with E-state index in [1.807, 2.05) is 27.7 Å². The Morgan fingerprint density at radius 1 is 1.10 bits per heavy atom. The molecule has 0 saturated carbocycles. The van der Waals surface area contributed by atoms with Gasteiger partial charge in [0.25, 0.3) is 0 Å². The molecule has 1 aromatic rings. The third-order valence-corrected chi connectivity index (χ3v) is 3.29. The first kappa shape index (κ1) is 17.7. The normalized spacial score (nSPS) is 13.9. The molecule has 1 atom stereocenters. The molecule has 1 rings (SSSR count). The van der Waals surface area contributed by atoms with E-state index in [9.17, 15) is 4.79 Å². The van der Waals surface area contributed by atoms with Gasteiger partial charge in [-0.3, -0.25) is 4.79 Å². The molecule has 0 bridgehead atoms. The van der Waals surface area contributed by atoms with E-state index in [1.165, 1.54) is 5.56 Å². The van der Waals surface area contributed by atoms with E-state index in [0.29, 0.717) is 0 Å². The van der Waals surface area contributed by atoms with Gasteiger partial charge in [0.05, 0.1) is 11.6 Å². The summed E-state index contributed by atoms with van der Waals surface area (Å²) in [5, 5.41) is 2.96. The molecule has 0 saturated heterocycles. The quantitative estimate of drug-likeness (QED) is 0.911.